The lowest BCUT2D eigenvalue weighted by molar-refractivity contribution is 0.0214. The molecule has 2 rings (SSSR count). The maximum Gasteiger partial charge on any atom is 0.410 e. The van der Waals surface area contributed by atoms with Gasteiger partial charge in [-0.15, -0.1) is 0 Å². The van der Waals surface area contributed by atoms with Crippen molar-refractivity contribution in [1.82, 2.24) is 20.4 Å². The van der Waals surface area contributed by atoms with Crippen LogP contribution in [0.25, 0.3) is 0 Å². The van der Waals surface area contributed by atoms with E-state index in [2.05, 4.69) is 20.5 Å². The number of hydrogen-bond acceptors (Lipinski definition) is 5. The Bertz CT molecular complexity index is 719. The van der Waals surface area contributed by atoms with E-state index in [-0.39, 0.29) is 12.0 Å². The first-order valence-corrected chi connectivity index (χ1v) is 11.0. The molecule has 1 aromatic heterocycles. The number of amides is 2. The zero-order chi connectivity index (χ0) is 22.9. The van der Waals surface area contributed by atoms with Gasteiger partial charge >= 0.3 is 6.09 Å². The molecule has 2 amide bonds. The van der Waals surface area contributed by atoms with Crippen LogP contribution in [0.5, 0.6) is 0 Å². The molecule has 9 heteroatoms. The summed E-state index contributed by atoms with van der Waals surface area (Å²) >= 11 is 0. The molecule has 2 N–H and O–H groups in total. The fourth-order valence-electron chi connectivity index (χ4n) is 3.48. The number of ether oxygens (including phenoxy) is 1. The molecule has 1 fully saturated rings. The van der Waals surface area contributed by atoms with Gasteiger partial charge in [0.2, 0.25) is 0 Å². The van der Waals surface area contributed by atoms with Gasteiger partial charge in [-0.3, -0.25) is 9.79 Å². The van der Waals surface area contributed by atoms with Crippen LogP contribution in [-0.4, -0.2) is 79.7 Å². The lowest BCUT2D eigenvalue weighted by Crippen LogP contribution is -2.49. The predicted molar refractivity (Wildman–Crippen MR) is 120 cm³/mol. The van der Waals surface area contributed by atoms with Gasteiger partial charge in [-0.05, 0) is 58.6 Å². The summed E-state index contributed by atoms with van der Waals surface area (Å²) in [6.45, 7) is 11.8. The Hall–Kier alpha value is -2.71. The van der Waals surface area contributed by atoms with Crippen molar-refractivity contribution >= 4 is 18.0 Å². The summed E-state index contributed by atoms with van der Waals surface area (Å²) < 4.78 is 10.6. The molecule has 1 aromatic rings. The van der Waals surface area contributed by atoms with Crippen molar-refractivity contribution in [2.45, 2.75) is 46.1 Å². The highest BCUT2D eigenvalue weighted by Gasteiger charge is 2.27. The summed E-state index contributed by atoms with van der Waals surface area (Å²) in [6, 6.07) is 3.32. The lowest BCUT2D eigenvalue weighted by atomic mass is 9.96. The summed E-state index contributed by atoms with van der Waals surface area (Å²) in [6.07, 6.45) is 3.20. The zero-order valence-corrected chi connectivity index (χ0v) is 19.4. The third-order valence-corrected chi connectivity index (χ3v) is 5.08. The number of rotatable bonds is 7. The Morgan fingerprint density at radius 2 is 1.94 bits per heavy atom. The monoisotopic (exact) mass is 435 g/mol. The van der Waals surface area contributed by atoms with Crippen molar-refractivity contribution in [3.63, 3.8) is 0 Å². The van der Waals surface area contributed by atoms with E-state index in [1.807, 2.05) is 27.7 Å². The molecule has 1 aliphatic heterocycles. The normalized spacial score (nSPS) is 15.5. The molecular formula is C22H37N5O4. The first kappa shape index (κ1) is 24.6. The summed E-state index contributed by atoms with van der Waals surface area (Å²) in [5.41, 5.74) is -0.483. The topological polar surface area (TPSA) is 99.4 Å². The first-order valence-electron chi connectivity index (χ1n) is 11.0. The fraction of sp³-hybridized carbons (Fsp3) is 0.682. The highest BCUT2D eigenvalue weighted by atomic mass is 16.6. The maximum absolute atomic E-state index is 12.4. The van der Waals surface area contributed by atoms with Gasteiger partial charge in [0.1, 0.15) is 5.60 Å². The van der Waals surface area contributed by atoms with Crippen LogP contribution in [0, 0.1) is 5.92 Å². The standard InChI is InChI=1S/C22H37N5O4/c1-6-26(21(29)31-22(2,3)4)16-17-9-13-27(14-10-17)20(23-5)25-12-11-24-19(28)18-8-7-15-30-18/h7-8,15,17H,6,9-14,16H2,1-5H3,(H,23,25)(H,24,28). The molecule has 0 bridgehead atoms. The van der Waals surface area contributed by atoms with Crippen molar-refractivity contribution in [2.75, 3.05) is 46.3 Å². The summed E-state index contributed by atoms with van der Waals surface area (Å²) in [7, 11) is 1.76. The molecule has 0 radical (unpaired) electrons. The second kappa shape index (κ2) is 11.6. The van der Waals surface area contributed by atoms with Crippen molar-refractivity contribution in [2.24, 2.45) is 10.9 Å². The number of nitrogens with zero attached hydrogens (tertiary/aromatic N) is 3. The van der Waals surface area contributed by atoms with Crippen LogP contribution in [-0.2, 0) is 4.74 Å². The van der Waals surface area contributed by atoms with E-state index in [9.17, 15) is 9.59 Å². The molecule has 0 aliphatic carbocycles. The van der Waals surface area contributed by atoms with Gasteiger partial charge in [0, 0.05) is 46.3 Å². The Labute approximate surface area is 185 Å². The SMILES string of the molecule is CCN(CC1CCN(C(=NC)NCCNC(=O)c2ccco2)CC1)C(=O)OC(C)(C)C. The predicted octanol–water partition coefficient (Wildman–Crippen LogP) is 2.55. The largest absolute Gasteiger partial charge is 0.459 e. The number of furan rings is 1. The van der Waals surface area contributed by atoms with Crippen LogP contribution in [0.3, 0.4) is 0 Å². The molecule has 2 heterocycles. The minimum absolute atomic E-state index is 0.229. The quantitative estimate of drug-likeness (QED) is 0.388. The van der Waals surface area contributed by atoms with Gasteiger partial charge in [0.05, 0.1) is 6.26 Å². The molecule has 0 unspecified atom stereocenters. The van der Waals surface area contributed by atoms with E-state index in [0.29, 0.717) is 37.9 Å². The number of likely N-dealkylation sites (tertiary alicyclic amines) is 1. The fourth-order valence-corrected chi connectivity index (χ4v) is 3.48. The molecule has 31 heavy (non-hydrogen) atoms. The maximum atomic E-state index is 12.4. The van der Waals surface area contributed by atoms with Crippen molar-refractivity contribution < 1.29 is 18.7 Å². The van der Waals surface area contributed by atoms with Crippen molar-refractivity contribution in [3.8, 4) is 0 Å². The third kappa shape index (κ3) is 8.15. The third-order valence-electron chi connectivity index (χ3n) is 5.08. The highest BCUT2D eigenvalue weighted by Crippen LogP contribution is 2.20. The van der Waals surface area contributed by atoms with E-state index in [1.54, 1.807) is 24.1 Å². The van der Waals surface area contributed by atoms with Crippen LogP contribution < -0.4 is 10.6 Å². The number of carbonyl (C=O) groups excluding carboxylic acids is 2. The van der Waals surface area contributed by atoms with E-state index < -0.39 is 5.60 Å². The van der Waals surface area contributed by atoms with Crippen LogP contribution in [0.15, 0.2) is 27.8 Å². The van der Waals surface area contributed by atoms with Crippen LogP contribution in [0.1, 0.15) is 51.1 Å². The number of carbonyl (C=O) groups is 2. The molecule has 1 saturated heterocycles. The van der Waals surface area contributed by atoms with Gasteiger partial charge < -0.3 is 29.6 Å². The minimum Gasteiger partial charge on any atom is -0.459 e. The Morgan fingerprint density at radius 1 is 1.26 bits per heavy atom. The van der Waals surface area contributed by atoms with Crippen LogP contribution in [0.4, 0.5) is 4.79 Å². The van der Waals surface area contributed by atoms with Gasteiger partial charge in [0.15, 0.2) is 11.7 Å². The van der Waals surface area contributed by atoms with Crippen molar-refractivity contribution in [3.05, 3.63) is 24.2 Å². The highest BCUT2D eigenvalue weighted by molar-refractivity contribution is 5.91. The van der Waals surface area contributed by atoms with E-state index in [4.69, 9.17) is 9.15 Å². The molecule has 9 nitrogen and oxygen atoms in total. The number of piperidine rings is 1. The second-order valence-corrected chi connectivity index (χ2v) is 8.66. The molecule has 0 saturated carbocycles. The van der Waals surface area contributed by atoms with Gasteiger partial charge in [-0.1, -0.05) is 0 Å². The van der Waals surface area contributed by atoms with Crippen LogP contribution in [0.2, 0.25) is 0 Å². The number of nitrogens with one attached hydrogen (secondary N) is 2. The van der Waals surface area contributed by atoms with Gasteiger partial charge in [-0.2, -0.15) is 0 Å². The molecule has 174 valence electrons. The molecule has 0 aromatic carbocycles. The zero-order valence-electron chi connectivity index (χ0n) is 19.4. The average molecular weight is 436 g/mol. The van der Waals surface area contributed by atoms with E-state index in [0.717, 1.165) is 31.9 Å². The van der Waals surface area contributed by atoms with Crippen LogP contribution >= 0.6 is 0 Å². The van der Waals surface area contributed by atoms with E-state index >= 15 is 0 Å². The molecule has 0 atom stereocenters. The Kier molecular flexibility index (Phi) is 9.21. The molecule has 0 spiro atoms. The summed E-state index contributed by atoms with van der Waals surface area (Å²) in [5, 5.41) is 6.11. The smallest absolute Gasteiger partial charge is 0.410 e. The van der Waals surface area contributed by atoms with Gasteiger partial charge in [0.25, 0.3) is 5.91 Å². The van der Waals surface area contributed by atoms with E-state index in [1.165, 1.54) is 6.26 Å². The van der Waals surface area contributed by atoms with Gasteiger partial charge in [-0.25, -0.2) is 4.79 Å². The Balaban J connectivity index is 1.72. The minimum atomic E-state index is -0.483. The first-order chi connectivity index (χ1) is 14.7. The second-order valence-electron chi connectivity index (χ2n) is 8.66. The number of guanidine groups is 1. The number of hydrogen-bond donors (Lipinski definition) is 2. The molecule has 1 aliphatic rings. The number of aliphatic imine (C=N–C) groups is 1. The van der Waals surface area contributed by atoms with Crippen molar-refractivity contribution in [1.29, 1.82) is 0 Å². The molecular weight excluding hydrogens is 398 g/mol. The lowest BCUT2D eigenvalue weighted by Gasteiger charge is -2.36. The summed E-state index contributed by atoms with van der Waals surface area (Å²) in [5.74, 6) is 1.34. The summed E-state index contributed by atoms with van der Waals surface area (Å²) in [4.78, 5) is 32.6. The average Bonchev–Trinajstić information content (AvgIpc) is 3.26. The Morgan fingerprint density at radius 3 is 2.48 bits per heavy atom.